The average Bonchev–Trinajstić information content (AvgIpc) is 3.55. The number of pyridine rings is 1. The zero-order chi connectivity index (χ0) is 23.3. The van der Waals surface area contributed by atoms with E-state index in [9.17, 15) is 4.79 Å². The molecule has 2 aromatic carbocycles. The second-order valence-corrected chi connectivity index (χ2v) is 9.74. The quantitative estimate of drug-likeness (QED) is 0.280. The third-order valence-corrected chi connectivity index (χ3v) is 7.06. The summed E-state index contributed by atoms with van der Waals surface area (Å²) in [4.78, 5) is 18.3. The summed E-state index contributed by atoms with van der Waals surface area (Å²) >= 11 is 2.93. The highest BCUT2D eigenvalue weighted by Crippen LogP contribution is 2.32. The summed E-state index contributed by atoms with van der Waals surface area (Å²) in [6.45, 7) is 2.67. The Bertz CT molecular complexity index is 1410. The molecule has 0 unspecified atom stereocenters. The molecule has 3 heterocycles. The molecule has 0 aliphatic heterocycles. The molecule has 34 heavy (non-hydrogen) atoms. The van der Waals surface area contributed by atoms with Gasteiger partial charge in [-0.3, -0.25) is 4.79 Å². The molecule has 0 aliphatic carbocycles. The number of thiophene rings is 1. The second-order valence-electron chi connectivity index (χ2n) is 7.78. The number of benzene rings is 2. The van der Waals surface area contributed by atoms with Gasteiger partial charge in [0.1, 0.15) is 0 Å². The van der Waals surface area contributed by atoms with E-state index in [1.54, 1.807) is 11.3 Å². The highest BCUT2D eigenvalue weighted by atomic mass is 32.2. The van der Waals surface area contributed by atoms with E-state index >= 15 is 0 Å². The lowest BCUT2D eigenvalue weighted by Crippen LogP contribution is -2.27. The average molecular weight is 487 g/mol. The molecular formula is C26H22N4O2S2. The van der Waals surface area contributed by atoms with Gasteiger partial charge in [0.15, 0.2) is 0 Å². The first-order valence-electron chi connectivity index (χ1n) is 10.9. The van der Waals surface area contributed by atoms with Crippen LogP contribution in [-0.4, -0.2) is 33.4 Å². The normalized spacial score (nSPS) is 11.1. The first-order valence-corrected chi connectivity index (χ1v) is 12.7. The topological polar surface area (TPSA) is 80.9 Å². The third-order valence-electron chi connectivity index (χ3n) is 5.30. The number of hydrogen-bond acceptors (Lipinski definition) is 7. The Morgan fingerprint density at radius 3 is 2.74 bits per heavy atom. The summed E-state index contributed by atoms with van der Waals surface area (Å²) in [6, 6.07) is 22.2. The Morgan fingerprint density at radius 1 is 1.06 bits per heavy atom. The SMILES string of the molecule is Cc1ccc(-c2cc(-c3nnc(SCC(=O)NCCc4cccs4)o3)c3ccccc3n2)cc1. The van der Waals surface area contributed by atoms with Crippen LogP contribution in [0.3, 0.4) is 0 Å². The van der Waals surface area contributed by atoms with Crippen LogP contribution in [0.5, 0.6) is 0 Å². The Kier molecular flexibility index (Phi) is 6.69. The van der Waals surface area contributed by atoms with Crippen LogP contribution in [0.15, 0.2) is 81.8 Å². The van der Waals surface area contributed by atoms with Crippen LogP contribution in [0.25, 0.3) is 33.6 Å². The molecule has 0 bridgehead atoms. The molecule has 1 N–H and O–H groups in total. The van der Waals surface area contributed by atoms with Gasteiger partial charge in [-0.2, -0.15) is 0 Å². The standard InChI is InChI=1S/C26H22N4O2S2/c1-17-8-10-18(11-9-17)23-15-21(20-6-2-3-7-22(20)28-23)25-29-30-26(32-25)34-16-24(31)27-13-12-19-5-4-14-33-19/h2-11,14-15H,12-13,16H2,1H3,(H,27,31). The minimum Gasteiger partial charge on any atom is -0.411 e. The monoisotopic (exact) mass is 486 g/mol. The van der Waals surface area contributed by atoms with Crippen LogP contribution in [0, 0.1) is 6.92 Å². The van der Waals surface area contributed by atoms with E-state index in [2.05, 4.69) is 52.8 Å². The van der Waals surface area contributed by atoms with Crippen molar-refractivity contribution in [3.05, 3.63) is 82.6 Å². The number of thioether (sulfide) groups is 1. The molecule has 3 aromatic heterocycles. The number of nitrogens with zero attached hydrogens (tertiary/aromatic N) is 3. The van der Waals surface area contributed by atoms with E-state index in [1.165, 1.54) is 22.2 Å². The molecule has 0 saturated carbocycles. The van der Waals surface area contributed by atoms with Crippen LogP contribution in [0.2, 0.25) is 0 Å². The number of rotatable bonds is 8. The third kappa shape index (κ3) is 5.18. The molecule has 1 amide bonds. The molecule has 6 nitrogen and oxygen atoms in total. The molecule has 0 spiro atoms. The van der Waals surface area contributed by atoms with Crippen molar-refractivity contribution in [2.45, 2.75) is 18.6 Å². The molecule has 5 aromatic rings. The molecule has 8 heteroatoms. The minimum absolute atomic E-state index is 0.0580. The van der Waals surface area contributed by atoms with Gasteiger partial charge in [0.2, 0.25) is 11.8 Å². The van der Waals surface area contributed by atoms with Gasteiger partial charge in [-0.15, -0.1) is 21.5 Å². The van der Waals surface area contributed by atoms with E-state index in [-0.39, 0.29) is 11.7 Å². The number of aromatic nitrogens is 3. The smallest absolute Gasteiger partial charge is 0.277 e. The summed E-state index contributed by atoms with van der Waals surface area (Å²) in [6.07, 6.45) is 0.831. The van der Waals surface area contributed by atoms with Gasteiger partial charge in [-0.1, -0.05) is 65.9 Å². The summed E-state index contributed by atoms with van der Waals surface area (Å²) in [7, 11) is 0. The summed E-state index contributed by atoms with van der Waals surface area (Å²) in [5.41, 5.74) is 4.73. The zero-order valence-electron chi connectivity index (χ0n) is 18.5. The molecule has 0 aliphatic rings. The van der Waals surface area contributed by atoms with Crippen LogP contribution in [0.1, 0.15) is 10.4 Å². The van der Waals surface area contributed by atoms with Crippen molar-refractivity contribution in [1.29, 1.82) is 0 Å². The maximum Gasteiger partial charge on any atom is 0.277 e. The maximum absolute atomic E-state index is 12.2. The predicted molar refractivity (Wildman–Crippen MR) is 137 cm³/mol. The lowest BCUT2D eigenvalue weighted by molar-refractivity contribution is -0.118. The van der Waals surface area contributed by atoms with Crippen LogP contribution < -0.4 is 5.32 Å². The van der Waals surface area contributed by atoms with Gasteiger partial charge in [-0.05, 0) is 36.9 Å². The minimum atomic E-state index is -0.0580. The van der Waals surface area contributed by atoms with E-state index in [0.717, 1.165) is 34.1 Å². The number of para-hydroxylation sites is 1. The summed E-state index contributed by atoms with van der Waals surface area (Å²) < 4.78 is 5.94. The number of fused-ring (bicyclic) bond motifs is 1. The fourth-order valence-corrected chi connectivity index (χ4v) is 4.86. The van der Waals surface area contributed by atoms with Gasteiger partial charge in [0.05, 0.1) is 22.5 Å². The molecule has 0 fully saturated rings. The van der Waals surface area contributed by atoms with E-state index < -0.39 is 0 Å². The Labute approximate surface area is 205 Å². The van der Waals surface area contributed by atoms with Gasteiger partial charge in [0.25, 0.3) is 5.22 Å². The number of aryl methyl sites for hydroxylation is 1. The first kappa shape index (κ1) is 22.3. The molecule has 0 radical (unpaired) electrons. The van der Waals surface area contributed by atoms with E-state index in [4.69, 9.17) is 9.40 Å². The maximum atomic E-state index is 12.2. The van der Waals surface area contributed by atoms with Gasteiger partial charge >= 0.3 is 0 Å². The van der Waals surface area contributed by atoms with Crippen LogP contribution in [0.4, 0.5) is 0 Å². The zero-order valence-corrected chi connectivity index (χ0v) is 20.2. The van der Waals surface area contributed by atoms with Crippen molar-refractivity contribution >= 4 is 39.9 Å². The van der Waals surface area contributed by atoms with Crippen molar-refractivity contribution in [3.8, 4) is 22.7 Å². The number of hydrogen-bond donors (Lipinski definition) is 1. The Morgan fingerprint density at radius 2 is 1.91 bits per heavy atom. The largest absolute Gasteiger partial charge is 0.411 e. The summed E-state index contributed by atoms with van der Waals surface area (Å²) in [5, 5.41) is 14.7. The molecular weight excluding hydrogens is 464 g/mol. The summed E-state index contributed by atoms with van der Waals surface area (Å²) in [5.74, 6) is 0.572. The lowest BCUT2D eigenvalue weighted by atomic mass is 10.0. The number of carbonyl (C=O) groups is 1. The van der Waals surface area contributed by atoms with E-state index in [0.29, 0.717) is 17.7 Å². The lowest BCUT2D eigenvalue weighted by Gasteiger charge is -2.08. The highest BCUT2D eigenvalue weighted by molar-refractivity contribution is 7.99. The second kappa shape index (κ2) is 10.2. The highest BCUT2D eigenvalue weighted by Gasteiger charge is 2.16. The predicted octanol–water partition coefficient (Wildman–Crippen LogP) is 5.77. The van der Waals surface area contributed by atoms with Crippen LogP contribution >= 0.6 is 23.1 Å². The number of amides is 1. The Balaban J connectivity index is 1.31. The van der Waals surface area contributed by atoms with Crippen LogP contribution in [-0.2, 0) is 11.2 Å². The van der Waals surface area contributed by atoms with Crippen molar-refractivity contribution in [1.82, 2.24) is 20.5 Å². The molecule has 5 rings (SSSR count). The number of nitrogens with one attached hydrogen (secondary N) is 1. The van der Waals surface area contributed by atoms with Gasteiger partial charge < -0.3 is 9.73 Å². The Hall–Kier alpha value is -3.49. The van der Waals surface area contributed by atoms with Crippen molar-refractivity contribution in [3.63, 3.8) is 0 Å². The first-order chi connectivity index (χ1) is 16.7. The fourth-order valence-electron chi connectivity index (χ4n) is 3.56. The molecule has 170 valence electrons. The molecule has 0 saturated heterocycles. The van der Waals surface area contributed by atoms with Gasteiger partial charge in [0, 0.05) is 22.4 Å². The van der Waals surface area contributed by atoms with Gasteiger partial charge in [-0.25, -0.2) is 4.98 Å². The van der Waals surface area contributed by atoms with Crippen molar-refractivity contribution in [2.75, 3.05) is 12.3 Å². The number of carbonyl (C=O) groups excluding carboxylic acids is 1. The van der Waals surface area contributed by atoms with E-state index in [1.807, 2.05) is 41.8 Å². The van der Waals surface area contributed by atoms with Crippen molar-refractivity contribution in [2.24, 2.45) is 0 Å². The molecule has 0 atom stereocenters. The van der Waals surface area contributed by atoms with Crippen molar-refractivity contribution < 1.29 is 9.21 Å². The fraction of sp³-hybridized carbons (Fsp3) is 0.154.